The van der Waals surface area contributed by atoms with Crippen LogP contribution in [0.15, 0.2) is 71.2 Å². The lowest BCUT2D eigenvalue weighted by Gasteiger charge is -2.10. The van der Waals surface area contributed by atoms with Gasteiger partial charge in [0.2, 0.25) is 5.91 Å². The summed E-state index contributed by atoms with van der Waals surface area (Å²) >= 11 is 1.38. The molecule has 0 fully saturated rings. The molecule has 7 heteroatoms. The van der Waals surface area contributed by atoms with Crippen LogP contribution in [0.5, 0.6) is 0 Å². The molecule has 6 nitrogen and oxygen atoms in total. The summed E-state index contributed by atoms with van der Waals surface area (Å²) in [4.78, 5) is 34.2. The Hall–Kier alpha value is -3.58. The summed E-state index contributed by atoms with van der Waals surface area (Å²) in [5.74, 6) is -0.283. The van der Waals surface area contributed by atoms with Crippen molar-refractivity contribution in [3.8, 4) is 21.8 Å². The van der Waals surface area contributed by atoms with Crippen LogP contribution in [0.25, 0.3) is 21.8 Å². The van der Waals surface area contributed by atoms with Crippen molar-refractivity contribution in [2.24, 2.45) is 0 Å². The zero-order valence-corrected chi connectivity index (χ0v) is 17.4. The number of hydrogen-bond acceptors (Lipinski definition) is 5. The van der Waals surface area contributed by atoms with Gasteiger partial charge in [-0.3, -0.25) is 14.2 Å². The lowest BCUT2D eigenvalue weighted by Crippen LogP contribution is -2.28. The Bertz CT molecular complexity index is 1260. The molecule has 0 unspecified atom stereocenters. The SMILES string of the molecule is Cc1ccc(C)c(NC(=O)Cn2cncc(-c3nc(-c4ccccc4)cs3)c2=O)c1. The molecule has 30 heavy (non-hydrogen) atoms. The van der Waals surface area contributed by atoms with E-state index in [4.69, 9.17) is 0 Å². The van der Waals surface area contributed by atoms with Gasteiger partial charge in [-0.2, -0.15) is 0 Å². The van der Waals surface area contributed by atoms with Crippen molar-refractivity contribution in [3.05, 3.63) is 87.9 Å². The number of carbonyl (C=O) groups is 1. The summed E-state index contributed by atoms with van der Waals surface area (Å²) in [7, 11) is 0. The van der Waals surface area contributed by atoms with E-state index in [0.717, 1.165) is 28.1 Å². The highest BCUT2D eigenvalue weighted by molar-refractivity contribution is 7.13. The second-order valence-electron chi connectivity index (χ2n) is 7.01. The highest BCUT2D eigenvalue weighted by Crippen LogP contribution is 2.26. The van der Waals surface area contributed by atoms with E-state index in [1.54, 1.807) is 0 Å². The van der Waals surface area contributed by atoms with Gasteiger partial charge in [0.1, 0.15) is 11.6 Å². The zero-order chi connectivity index (χ0) is 21.1. The summed E-state index contributed by atoms with van der Waals surface area (Å²) in [5.41, 5.74) is 4.62. The van der Waals surface area contributed by atoms with Crippen LogP contribution < -0.4 is 10.9 Å². The van der Waals surface area contributed by atoms with E-state index in [1.165, 1.54) is 28.4 Å². The van der Waals surface area contributed by atoms with Crippen molar-refractivity contribution in [3.63, 3.8) is 0 Å². The fourth-order valence-corrected chi connectivity index (χ4v) is 3.89. The second-order valence-corrected chi connectivity index (χ2v) is 7.87. The number of nitrogens with zero attached hydrogens (tertiary/aromatic N) is 3. The topological polar surface area (TPSA) is 76.9 Å². The van der Waals surface area contributed by atoms with Crippen molar-refractivity contribution in [1.82, 2.24) is 14.5 Å². The molecule has 0 aliphatic carbocycles. The first-order valence-electron chi connectivity index (χ1n) is 9.44. The van der Waals surface area contributed by atoms with Gasteiger partial charge in [0.25, 0.3) is 5.56 Å². The van der Waals surface area contributed by atoms with Gasteiger partial charge < -0.3 is 5.32 Å². The molecule has 0 aliphatic rings. The van der Waals surface area contributed by atoms with E-state index >= 15 is 0 Å². The van der Waals surface area contributed by atoms with Crippen molar-refractivity contribution < 1.29 is 4.79 Å². The molecule has 0 spiro atoms. The number of rotatable bonds is 5. The van der Waals surface area contributed by atoms with Crippen molar-refractivity contribution in [2.45, 2.75) is 20.4 Å². The fraction of sp³-hybridized carbons (Fsp3) is 0.130. The van der Waals surface area contributed by atoms with E-state index in [1.807, 2.05) is 67.8 Å². The molecule has 2 aromatic carbocycles. The number of aryl methyl sites for hydroxylation is 2. The minimum absolute atomic E-state index is 0.121. The van der Waals surface area contributed by atoms with Crippen LogP contribution in [0, 0.1) is 13.8 Å². The van der Waals surface area contributed by atoms with Gasteiger partial charge in [-0.1, -0.05) is 42.5 Å². The normalized spacial score (nSPS) is 10.7. The Kier molecular flexibility index (Phi) is 5.54. The van der Waals surface area contributed by atoms with E-state index < -0.39 is 0 Å². The van der Waals surface area contributed by atoms with Crippen molar-refractivity contribution in [2.75, 3.05) is 5.32 Å². The number of thiazole rings is 1. The molecular weight excluding hydrogens is 396 g/mol. The number of carbonyl (C=O) groups excluding carboxylic acids is 1. The van der Waals surface area contributed by atoms with Crippen LogP contribution >= 0.6 is 11.3 Å². The minimum Gasteiger partial charge on any atom is -0.324 e. The summed E-state index contributed by atoms with van der Waals surface area (Å²) in [5, 5.41) is 5.36. The maximum absolute atomic E-state index is 12.9. The second kappa shape index (κ2) is 8.42. The molecule has 0 bridgehead atoms. The molecule has 0 aliphatic heterocycles. The van der Waals surface area contributed by atoms with E-state index in [9.17, 15) is 9.59 Å². The van der Waals surface area contributed by atoms with Gasteiger partial charge in [-0.25, -0.2) is 9.97 Å². The van der Waals surface area contributed by atoms with Crippen molar-refractivity contribution in [1.29, 1.82) is 0 Å². The van der Waals surface area contributed by atoms with Gasteiger partial charge in [0.15, 0.2) is 0 Å². The van der Waals surface area contributed by atoms with Crippen molar-refractivity contribution >= 4 is 22.9 Å². The molecule has 0 saturated heterocycles. The third-order valence-corrected chi connectivity index (χ3v) is 5.56. The maximum Gasteiger partial charge on any atom is 0.264 e. The van der Waals surface area contributed by atoms with E-state index in [2.05, 4.69) is 15.3 Å². The highest BCUT2D eigenvalue weighted by Gasteiger charge is 2.14. The molecular formula is C23H20N4O2S. The first-order valence-corrected chi connectivity index (χ1v) is 10.3. The Morgan fingerprint density at radius 2 is 1.93 bits per heavy atom. The molecule has 0 atom stereocenters. The van der Waals surface area contributed by atoms with Crippen LogP contribution in [0.1, 0.15) is 11.1 Å². The molecule has 1 amide bonds. The molecule has 150 valence electrons. The van der Waals surface area contributed by atoms with Gasteiger partial charge in [-0.15, -0.1) is 11.3 Å². The smallest absolute Gasteiger partial charge is 0.264 e. The third-order valence-electron chi connectivity index (χ3n) is 4.69. The molecule has 2 aromatic heterocycles. The molecule has 2 heterocycles. The van der Waals surface area contributed by atoms with E-state index in [-0.39, 0.29) is 18.0 Å². The third kappa shape index (κ3) is 4.21. The van der Waals surface area contributed by atoms with Gasteiger partial charge in [0, 0.05) is 22.8 Å². The summed E-state index contributed by atoms with van der Waals surface area (Å²) in [6.07, 6.45) is 2.87. The first kappa shape index (κ1) is 19.7. The Morgan fingerprint density at radius 3 is 2.73 bits per heavy atom. The fourth-order valence-electron chi connectivity index (χ4n) is 3.06. The number of nitrogens with one attached hydrogen (secondary N) is 1. The molecule has 4 rings (SSSR count). The number of benzene rings is 2. The van der Waals surface area contributed by atoms with E-state index in [0.29, 0.717) is 10.6 Å². The summed E-state index contributed by atoms with van der Waals surface area (Å²) < 4.78 is 1.30. The van der Waals surface area contributed by atoms with Crippen LogP contribution in [-0.4, -0.2) is 20.4 Å². The predicted molar refractivity (Wildman–Crippen MR) is 120 cm³/mol. The first-order chi connectivity index (χ1) is 14.5. The number of amides is 1. The lowest BCUT2D eigenvalue weighted by molar-refractivity contribution is -0.116. The molecule has 0 radical (unpaired) electrons. The Balaban J connectivity index is 1.56. The summed E-state index contributed by atoms with van der Waals surface area (Å²) in [6.45, 7) is 3.77. The average Bonchev–Trinajstić information content (AvgIpc) is 3.23. The van der Waals surface area contributed by atoms with Crippen LogP contribution in [0.4, 0.5) is 5.69 Å². The zero-order valence-electron chi connectivity index (χ0n) is 16.6. The van der Waals surface area contributed by atoms with Crippen LogP contribution in [-0.2, 0) is 11.3 Å². The molecule has 4 aromatic rings. The number of hydrogen-bond donors (Lipinski definition) is 1. The number of anilines is 1. The van der Waals surface area contributed by atoms with Crippen LogP contribution in [0.3, 0.4) is 0 Å². The largest absolute Gasteiger partial charge is 0.324 e. The summed E-state index contributed by atoms with van der Waals surface area (Å²) in [6, 6.07) is 15.6. The quantitative estimate of drug-likeness (QED) is 0.527. The highest BCUT2D eigenvalue weighted by atomic mass is 32.1. The molecule has 0 saturated carbocycles. The van der Waals surface area contributed by atoms with Gasteiger partial charge in [-0.05, 0) is 31.0 Å². The Labute approximate surface area is 177 Å². The van der Waals surface area contributed by atoms with Gasteiger partial charge >= 0.3 is 0 Å². The Morgan fingerprint density at radius 1 is 1.13 bits per heavy atom. The standard InChI is InChI=1S/C23H20N4O2S/c1-15-8-9-16(2)19(10-15)25-21(28)12-27-14-24-11-18(23(27)29)22-26-20(13-30-22)17-6-4-3-5-7-17/h3-11,13-14H,12H2,1-2H3,(H,25,28). The monoisotopic (exact) mass is 416 g/mol. The maximum atomic E-state index is 12.9. The minimum atomic E-state index is -0.296. The van der Waals surface area contributed by atoms with Crippen LogP contribution in [0.2, 0.25) is 0 Å². The predicted octanol–water partition coefficient (Wildman–Crippen LogP) is 4.29. The molecule has 1 N–H and O–H groups in total. The average molecular weight is 417 g/mol. The van der Waals surface area contributed by atoms with Gasteiger partial charge in [0.05, 0.1) is 17.6 Å². The lowest BCUT2D eigenvalue weighted by atomic mass is 10.1. The number of aromatic nitrogens is 3.